The van der Waals surface area contributed by atoms with Gasteiger partial charge in [-0.1, -0.05) is 36.4 Å². The van der Waals surface area contributed by atoms with E-state index in [1.54, 1.807) is 35.2 Å². The largest absolute Gasteiger partial charge is 0.493 e. The molecule has 5 aromatic rings. The highest BCUT2D eigenvalue weighted by Crippen LogP contribution is 2.42. The van der Waals surface area contributed by atoms with Crippen molar-refractivity contribution < 1.29 is 47.8 Å². The molecular weight excluding hydrogens is 917 g/mol. The van der Waals surface area contributed by atoms with Gasteiger partial charge in [0, 0.05) is 92.9 Å². The minimum Gasteiger partial charge on any atom is -0.493 e. The zero-order valence-electron chi connectivity index (χ0n) is 40.5. The first-order valence-corrected chi connectivity index (χ1v) is 24.3. The van der Waals surface area contributed by atoms with Crippen LogP contribution in [0.2, 0.25) is 0 Å². The van der Waals surface area contributed by atoms with E-state index in [2.05, 4.69) is 22.0 Å². The van der Waals surface area contributed by atoms with Gasteiger partial charge in [0.1, 0.15) is 24.7 Å². The minimum absolute atomic E-state index is 0.0244. The fraction of sp³-hybridized carbons (Fsp3) is 0.321. The zero-order chi connectivity index (χ0) is 50.5. The topological polar surface area (TPSA) is 202 Å². The number of carbonyl (C=O) groups is 7. The number of anilines is 3. The lowest BCUT2D eigenvalue weighted by molar-refractivity contribution is -0.128. The summed E-state index contributed by atoms with van der Waals surface area (Å²) in [5.74, 6) is -0.597. The maximum absolute atomic E-state index is 14.1. The minimum atomic E-state index is -0.480. The first-order chi connectivity index (χ1) is 34.8. The van der Waals surface area contributed by atoms with Gasteiger partial charge in [0.2, 0.25) is 17.7 Å². The summed E-state index contributed by atoms with van der Waals surface area (Å²) in [5.41, 5.74) is 9.02. The van der Waals surface area contributed by atoms with Crippen LogP contribution in [-0.4, -0.2) is 80.1 Å². The molecule has 4 aliphatic heterocycles. The van der Waals surface area contributed by atoms with Crippen LogP contribution in [0.5, 0.6) is 17.2 Å². The van der Waals surface area contributed by atoms with Crippen LogP contribution >= 0.6 is 0 Å². The molecule has 16 heteroatoms. The van der Waals surface area contributed by atoms with E-state index in [4.69, 9.17) is 19.2 Å². The number of aliphatic imine (C=N–C) groups is 1. The Morgan fingerprint density at radius 2 is 1.29 bits per heavy atom. The number of fused-ring (bicyclic) bond motifs is 8. The van der Waals surface area contributed by atoms with Gasteiger partial charge < -0.3 is 35.1 Å². The lowest BCUT2D eigenvalue weighted by Crippen LogP contribution is -2.37. The second-order valence-electron chi connectivity index (χ2n) is 18.5. The van der Waals surface area contributed by atoms with Crippen LogP contribution in [0.25, 0.3) is 0 Å². The Morgan fingerprint density at radius 1 is 0.653 bits per heavy atom. The van der Waals surface area contributed by atoms with Gasteiger partial charge in [-0.3, -0.25) is 43.5 Å². The van der Waals surface area contributed by atoms with Crippen LogP contribution in [0.3, 0.4) is 0 Å². The molecule has 3 N–H and O–H groups in total. The summed E-state index contributed by atoms with van der Waals surface area (Å²) in [6.45, 7) is 1.70. The highest BCUT2D eigenvalue weighted by atomic mass is 16.5. The number of hydrogen-bond donors (Lipinski definition) is 3. The lowest BCUT2D eigenvalue weighted by Gasteiger charge is -2.23. The van der Waals surface area contributed by atoms with Crippen molar-refractivity contribution in [2.45, 2.75) is 96.4 Å². The molecule has 0 spiro atoms. The van der Waals surface area contributed by atoms with E-state index < -0.39 is 11.8 Å². The summed E-state index contributed by atoms with van der Waals surface area (Å²) >= 11 is 0. The molecule has 4 aliphatic rings. The molecule has 4 heterocycles. The summed E-state index contributed by atoms with van der Waals surface area (Å²) in [4.78, 5) is 98.4. The van der Waals surface area contributed by atoms with Crippen LogP contribution in [-0.2, 0) is 56.4 Å². The second-order valence-corrected chi connectivity index (χ2v) is 18.5. The predicted octanol–water partition coefficient (Wildman–Crippen LogP) is 7.25. The Labute approximate surface area is 417 Å². The number of ketones is 2. The van der Waals surface area contributed by atoms with Crippen molar-refractivity contribution in [2.24, 2.45) is 4.99 Å². The average molecular weight is 973 g/mol. The smallest absolute Gasteiger partial charge is 0.261 e. The first-order valence-electron chi connectivity index (χ1n) is 24.3. The van der Waals surface area contributed by atoms with Gasteiger partial charge in [0.15, 0.2) is 17.3 Å². The maximum Gasteiger partial charge on any atom is 0.261 e. The monoisotopic (exact) mass is 972 g/mol. The molecule has 0 bridgehead atoms. The van der Waals surface area contributed by atoms with E-state index >= 15 is 0 Å². The third kappa shape index (κ3) is 10.8. The third-order valence-electron chi connectivity index (χ3n) is 13.6. The van der Waals surface area contributed by atoms with Crippen molar-refractivity contribution in [1.82, 2.24) is 10.6 Å². The molecule has 0 radical (unpaired) electrons. The summed E-state index contributed by atoms with van der Waals surface area (Å²) in [5, 5.41) is 7.85. The van der Waals surface area contributed by atoms with Crippen LogP contribution in [0, 0.1) is 6.92 Å². The van der Waals surface area contributed by atoms with Crippen molar-refractivity contribution in [3.05, 3.63) is 136 Å². The Morgan fingerprint density at radius 3 is 2.01 bits per heavy atom. The average Bonchev–Trinajstić information content (AvgIpc) is 3.88. The van der Waals surface area contributed by atoms with Crippen molar-refractivity contribution in [1.29, 1.82) is 0 Å². The zero-order valence-corrected chi connectivity index (χ0v) is 40.5. The first kappa shape index (κ1) is 48.9. The summed E-state index contributed by atoms with van der Waals surface area (Å²) in [7, 11) is 3.01. The van der Waals surface area contributed by atoms with E-state index in [1.165, 1.54) is 14.2 Å². The van der Waals surface area contributed by atoms with Gasteiger partial charge in [0.25, 0.3) is 11.8 Å². The number of para-hydroxylation sites is 2. The van der Waals surface area contributed by atoms with Crippen LogP contribution < -0.4 is 40.0 Å². The highest BCUT2D eigenvalue weighted by Gasteiger charge is 2.38. The summed E-state index contributed by atoms with van der Waals surface area (Å²) < 4.78 is 18.7. The number of Topliss-reactive ketones (excluding diaryl/α,β-unsaturated/α-hetero) is 2. The highest BCUT2D eigenvalue weighted by molar-refractivity contribution is 6.15. The number of amides is 5. The number of rotatable bonds is 19. The predicted molar refractivity (Wildman–Crippen MR) is 271 cm³/mol. The van der Waals surface area contributed by atoms with Gasteiger partial charge >= 0.3 is 0 Å². The molecule has 0 aromatic heterocycles. The maximum atomic E-state index is 14.1. The normalized spacial score (nSPS) is 15.9. The van der Waals surface area contributed by atoms with Gasteiger partial charge in [-0.05, 0) is 108 Å². The number of nitrogens with zero attached hydrogens (tertiary/aromatic N) is 3. The fourth-order valence-corrected chi connectivity index (χ4v) is 9.83. The molecule has 0 saturated carbocycles. The molecular formula is C56H56N6O10. The lowest BCUT2D eigenvalue weighted by atomic mass is 9.99. The standard InChI is InChI=1S/C56H56N6O10/c1-33-20-45-46(58-29-41-25-38-9-5-7-11-48(38)62(41)56(45)69)28-49(33)71-31-34-21-35(23-39(22-34)60-54(67)19-16-43(64)30-59-53(66)18-15-42(63)14-17-52(65)57-2)32-72-51-26-36-12-13-40-24-37-8-4-6-10-47(37)61(40)55(68)44(36)27-50(51)70-3/h4-11,20-23,26-29,40-41H,12-19,24-25,30-32H2,1-3H3,(H,57,65)(H,59,66)(H,60,67)/t40-,41+/m1/s1. The Bertz CT molecular complexity index is 3040. The Kier molecular flexibility index (Phi) is 14.6. The van der Waals surface area contributed by atoms with Crippen LogP contribution in [0.4, 0.5) is 22.7 Å². The molecule has 0 saturated heterocycles. The summed E-state index contributed by atoms with van der Waals surface area (Å²) in [6.07, 6.45) is 4.34. The molecule has 5 amide bonds. The van der Waals surface area contributed by atoms with E-state index in [1.807, 2.05) is 72.6 Å². The Balaban J connectivity index is 0.890. The molecule has 2 atom stereocenters. The van der Waals surface area contributed by atoms with E-state index in [-0.39, 0.29) is 99.7 Å². The molecule has 0 fully saturated rings. The van der Waals surface area contributed by atoms with Crippen LogP contribution in [0.15, 0.2) is 96.0 Å². The van der Waals surface area contributed by atoms with Crippen LogP contribution in [0.1, 0.15) is 99.0 Å². The van der Waals surface area contributed by atoms with Crippen molar-refractivity contribution in [3.63, 3.8) is 0 Å². The summed E-state index contributed by atoms with van der Waals surface area (Å²) in [6, 6.07) is 28.4. The van der Waals surface area contributed by atoms with E-state index in [0.29, 0.717) is 63.7 Å². The van der Waals surface area contributed by atoms with Crippen molar-refractivity contribution in [2.75, 3.05) is 35.8 Å². The number of methoxy groups -OCH3 is 1. The molecule has 9 rings (SSSR count). The molecule has 0 aliphatic carbocycles. The number of hydrogen-bond acceptors (Lipinski definition) is 11. The second kappa shape index (κ2) is 21.5. The van der Waals surface area contributed by atoms with Crippen molar-refractivity contribution in [3.8, 4) is 17.2 Å². The number of nitrogens with one attached hydrogen (secondary N) is 3. The van der Waals surface area contributed by atoms with Gasteiger partial charge in [-0.15, -0.1) is 0 Å². The fourth-order valence-electron chi connectivity index (χ4n) is 9.83. The third-order valence-corrected chi connectivity index (χ3v) is 13.6. The molecule has 5 aromatic carbocycles. The van der Waals surface area contributed by atoms with E-state index in [9.17, 15) is 33.6 Å². The van der Waals surface area contributed by atoms with Crippen molar-refractivity contribution >= 4 is 70.1 Å². The number of benzene rings is 5. The Hall–Kier alpha value is -8.14. The van der Waals surface area contributed by atoms with Gasteiger partial charge in [-0.2, -0.15) is 0 Å². The van der Waals surface area contributed by atoms with Gasteiger partial charge in [-0.25, -0.2) is 0 Å². The SMILES string of the molecule is CNC(=O)CCC(=O)CCC(=O)NCC(=O)CCC(=O)Nc1cc(COc2cc3c(cc2C)C(=O)N2c4ccccc4C[C@H]2C=N3)cc(COc2cc3c(cc2OC)C(=O)N2c4ccccc4C[C@H]2CC3)c1. The van der Waals surface area contributed by atoms with Gasteiger partial charge in [0.05, 0.1) is 30.9 Å². The molecule has 16 nitrogen and oxygen atoms in total. The van der Waals surface area contributed by atoms with E-state index in [0.717, 1.165) is 46.5 Å². The number of aryl methyl sites for hydroxylation is 2. The molecule has 370 valence electrons. The quantitative estimate of drug-likeness (QED) is 0.0757. The number of ether oxygens (including phenoxy) is 3. The molecule has 0 unspecified atom stereocenters. The number of carbonyl (C=O) groups excluding carboxylic acids is 7. The molecule has 72 heavy (non-hydrogen) atoms.